The van der Waals surface area contributed by atoms with Gasteiger partial charge in [0.2, 0.25) is 5.88 Å². The first-order chi connectivity index (χ1) is 11.5. The molecule has 5 nitrogen and oxygen atoms in total. The predicted octanol–water partition coefficient (Wildman–Crippen LogP) is 4.35. The SMILES string of the molecule is CC(C)(C)c1cc2nc(OCc3ccco3)c3ccccc3n2n1. The minimum Gasteiger partial charge on any atom is -0.469 e. The Morgan fingerprint density at radius 2 is 1.96 bits per heavy atom. The monoisotopic (exact) mass is 321 g/mol. The van der Waals surface area contributed by atoms with Crippen LogP contribution in [0.4, 0.5) is 0 Å². The zero-order valence-electron chi connectivity index (χ0n) is 14.0. The first kappa shape index (κ1) is 14.8. The van der Waals surface area contributed by atoms with E-state index in [1.54, 1.807) is 6.26 Å². The molecule has 0 saturated carbocycles. The van der Waals surface area contributed by atoms with Crippen LogP contribution in [0.2, 0.25) is 0 Å². The fourth-order valence-electron chi connectivity index (χ4n) is 2.64. The Kier molecular flexibility index (Phi) is 3.30. The average Bonchev–Trinajstić information content (AvgIpc) is 3.21. The van der Waals surface area contributed by atoms with Crippen LogP contribution in [0.1, 0.15) is 32.2 Å². The van der Waals surface area contributed by atoms with Crippen molar-refractivity contribution in [2.24, 2.45) is 0 Å². The van der Waals surface area contributed by atoms with E-state index in [2.05, 4.69) is 25.8 Å². The first-order valence-corrected chi connectivity index (χ1v) is 7.96. The molecule has 0 N–H and O–H groups in total. The predicted molar refractivity (Wildman–Crippen MR) is 92.2 cm³/mol. The summed E-state index contributed by atoms with van der Waals surface area (Å²) in [5, 5.41) is 5.67. The molecule has 0 unspecified atom stereocenters. The van der Waals surface area contributed by atoms with Crippen LogP contribution in [0.25, 0.3) is 16.6 Å². The standard InChI is InChI=1S/C19H19N3O2/c1-19(2,3)16-11-17-20-18(24-12-13-7-6-10-23-13)14-8-4-5-9-15(14)22(17)21-16/h4-11H,12H2,1-3H3. The van der Waals surface area contributed by atoms with E-state index in [9.17, 15) is 0 Å². The smallest absolute Gasteiger partial charge is 0.225 e. The summed E-state index contributed by atoms with van der Waals surface area (Å²) in [5.41, 5.74) is 2.73. The van der Waals surface area contributed by atoms with E-state index in [0.29, 0.717) is 12.5 Å². The lowest BCUT2D eigenvalue weighted by molar-refractivity contribution is 0.264. The number of fused-ring (bicyclic) bond motifs is 3. The van der Waals surface area contributed by atoms with Gasteiger partial charge in [0.15, 0.2) is 5.65 Å². The van der Waals surface area contributed by atoms with Crippen LogP contribution in [-0.2, 0) is 12.0 Å². The van der Waals surface area contributed by atoms with Crippen LogP contribution >= 0.6 is 0 Å². The fourth-order valence-corrected chi connectivity index (χ4v) is 2.64. The van der Waals surface area contributed by atoms with Crippen molar-refractivity contribution in [3.8, 4) is 5.88 Å². The Balaban J connectivity index is 1.85. The van der Waals surface area contributed by atoms with Gasteiger partial charge in [-0.05, 0) is 24.3 Å². The van der Waals surface area contributed by atoms with Crippen molar-refractivity contribution in [2.75, 3.05) is 0 Å². The largest absolute Gasteiger partial charge is 0.469 e. The summed E-state index contributed by atoms with van der Waals surface area (Å²) in [6, 6.07) is 13.8. The van der Waals surface area contributed by atoms with Gasteiger partial charge in [0, 0.05) is 11.5 Å². The highest BCUT2D eigenvalue weighted by Gasteiger charge is 2.20. The quantitative estimate of drug-likeness (QED) is 0.563. The van der Waals surface area contributed by atoms with Crippen molar-refractivity contribution in [3.05, 3.63) is 60.2 Å². The molecule has 4 rings (SSSR count). The van der Waals surface area contributed by atoms with Crippen LogP contribution < -0.4 is 4.74 Å². The zero-order chi connectivity index (χ0) is 16.7. The molecular formula is C19H19N3O2. The number of aromatic nitrogens is 3. The molecule has 0 aliphatic heterocycles. The van der Waals surface area contributed by atoms with Crippen molar-refractivity contribution in [3.63, 3.8) is 0 Å². The highest BCUT2D eigenvalue weighted by molar-refractivity contribution is 5.86. The molecule has 5 heteroatoms. The van der Waals surface area contributed by atoms with Gasteiger partial charge in [-0.15, -0.1) is 0 Å². The fraction of sp³-hybridized carbons (Fsp3) is 0.263. The highest BCUT2D eigenvalue weighted by atomic mass is 16.5. The molecule has 0 saturated heterocycles. The van der Waals surface area contributed by atoms with Crippen molar-refractivity contribution >= 4 is 16.6 Å². The number of nitrogens with zero attached hydrogens (tertiary/aromatic N) is 3. The third-order valence-electron chi connectivity index (χ3n) is 3.97. The van der Waals surface area contributed by atoms with E-state index in [0.717, 1.165) is 28.0 Å². The van der Waals surface area contributed by atoms with Gasteiger partial charge in [-0.3, -0.25) is 0 Å². The van der Waals surface area contributed by atoms with Gasteiger partial charge in [0.1, 0.15) is 12.4 Å². The molecule has 0 amide bonds. The maximum atomic E-state index is 5.92. The molecular weight excluding hydrogens is 302 g/mol. The first-order valence-electron chi connectivity index (χ1n) is 7.96. The molecule has 0 spiro atoms. The molecule has 1 aromatic carbocycles. The molecule has 0 aliphatic rings. The van der Waals surface area contributed by atoms with Crippen LogP contribution in [0, 0.1) is 0 Å². The summed E-state index contributed by atoms with van der Waals surface area (Å²) in [6.45, 7) is 6.78. The van der Waals surface area contributed by atoms with E-state index in [1.165, 1.54) is 0 Å². The van der Waals surface area contributed by atoms with Gasteiger partial charge in [-0.1, -0.05) is 32.9 Å². The minimum atomic E-state index is -0.0377. The second kappa shape index (κ2) is 5.37. The number of furan rings is 1. The Bertz CT molecular complexity index is 995. The lowest BCUT2D eigenvalue weighted by Crippen LogP contribution is -2.11. The zero-order valence-corrected chi connectivity index (χ0v) is 14.0. The van der Waals surface area contributed by atoms with E-state index < -0.39 is 0 Å². The van der Waals surface area contributed by atoms with E-state index >= 15 is 0 Å². The second-order valence-electron chi connectivity index (χ2n) is 6.85. The maximum absolute atomic E-state index is 5.92. The minimum absolute atomic E-state index is 0.0377. The van der Waals surface area contributed by atoms with Gasteiger partial charge >= 0.3 is 0 Å². The number of rotatable bonds is 3. The summed E-state index contributed by atoms with van der Waals surface area (Å²) in [7, 11) is 0. The summed E-state index contributed by atoms with van der Waals surface area (Å²) < 4.78 is 13.1. The van der Waals surface area contributed by atoms with E-state index in [4.69, 9.17) is 14.3 Å². The Morgan fingerprint density at radius 3 is 2.71 bits per heavy atom. The van der Waals surface area contributed by atoms with Gasteiger partial charge in [-0.25, -0.2) is 4.52 Å². The number of hydrogen-bond donors (Lipinski definition) is 0. The Morgan fingerprint density at radius 1 is 1.12 bits per heavy atom. The third kappa shape index (κ3) is 2.52. The van der Waals surface area contributed by atoms with Crippen LogP contribution in [0.3, 0.4) is 0 Å². The number of para-hydroxylation sites is 1. The molecule has 4 aromatic rings. The maximum Gasteiger partial charge on any atom is 0.225 e. The molecule has 0 aliphatic carbocycles. The van der Waals surface area contributed by atoms with Gasteiger partial charge in [0.05, 0.1) is 22.9 Å². The summed E-state index contributed by atoms with van der Waals surface area (Å²) in [5.74, 6) is 1.36. The molecule has 0 atom stereocenters. The molecule has 0 bridgehead atoms. The highest BCUT2D eigenvalue weighted by Crippen LogP contribution is 2.28. The van der Waals surface area contributed by atoms with Gasteiger partial charge in [0.25, 0.3) is 0 Å². The number of benzene rings is 1. The molecule has 24 heavy (non-hydrogen) atoms. The summed E-state index contributed by atoms with van der Waals surface area (Å²) in [6.07, 6.45) is 1.64. The molecule has 3 heterocycles. The summed E-state index contributed by atoms with van der Waals surface area (Å²) in [4.78, 5) is 4.67. The molecule has 3 aromatic heterocycles. The van der Waals surface area contributed by atoms with E-state index in [-0.39, 0.29) is 5.41 Å². The molecule has 0 radical (unpaired) electrons. The van der Waals surface area contributed by atoms with Crippen LogP contribution in [-0.4, -0.2) is 14.6 Å². The topological polar surface area (TPSA) is 52.6 Å². The Hall–Kier alpha value is -2.82. The van der Waals surface area contributed by atoms with Crippen molar-refractivity contribution in [1.29, 1.82) is 0 Å². The van der Waals surface area contributed by atoms with Crippen molar-refractivity contribution in [2.45, 2.75) is 32.8 Å². The van der Waals surface area contributed by atoms with Crippen molar-refractivity contribution < 1.29 is 9.15 Å². The average molecular weight is 321 g/mol. The van der Waals surface area contributed by atoms with Gasteiger partial charge in [-0.2, -0.15) is 10.1 Å². The third-order valence-corrected chi connectivity index (χ3v) is 3.97. The number of hydrogen-bond acceptors (Lipinski definition) is 4. The van der Waals surface area contributed by atoms with Crippen molar-refractivity contribution in [1.82, 2.24) is 14.6 Å². The van der Waals surface area contributed by atoms with E-state index in [1.807, 2.05) is 47.0 Å². The molecule has 0 fully saturated rings. The van der Waals surface area contributed by atoms with Crippen LogP contribution in [0.15, 0.2) is 53.1 Å². The lowest BCUT2D eigenvalue weighted by atomic mass is 9.93. The summed E-state index contributed by atoms with van der Waals surface area (Å²) >= 11 is 0. The van der Waals surface area contributed by atoms with Gasteiger partial charge < -0.3 is 9.15 Å². The number of ether oxygens (including phenoxy) is 1. The normalized spacial score (nSPS) is 12.1. The molecule has 122 valence electrons. The second-order valence-corrected chi connectivity index (χ2v) is 6.85. The Labute approximate surface area is 139 Å². The lowest BCUT2D eigenvalue weighted by Gasteiger charge is -2.13. The van der Waals surface area contributed by atoms with Crippen LogP contribution in [0.5, 0.6) is 5.88 Å².